The van der Waals surface area contributed by atoms with Crippen LogP contribution in [-0.4, -0.2) is 43.8 Å². The highest BCUT2D eigenvalue weighted by molar-refractivity contribution is 6.07. The van der Waals surface area contributed by atoms with E-state index in [0.717, 1.165) is 35.4 Å². The first-order valence-electron chi connectivity index (χ1n) is 10.3. The van der Waals surface area contributed by atoms with Crippen molar-refractivity contribution in [3.05, 3.63) is 70.0 Å². The van der Waals surface area contributed by atoms with E-state index in [4.69, 9.17) is 10.00 Å². The maximum Gasteiger partial charge on any atom is 0.258 e. The number of hydrogen-bond acceptors (Lipinski definition) is 5. The van der Waals surface area contributed by atoms with Crippen LogP contribution < -0.4 is 15.4 Å². The SMILES string of the molecule is CCn1c(=O)cc(N2CCOCC2)c2cc(N(C)C(=O)c3ccc(C#N)cc3)ccc21. The minimum Gasteiger partial charge on any atom is -0.378 e. The van der Waals surface area contributed by atoms with Crippen molar-refractivity contribution in [2.45, 2.75) is 13.5 Å². The summed E-state index contributed by atoms with van der Waals surface area (Å²) in [5, 5.41) is 9.90. The van der Waals surface area contributed by atoms with Crippen LogP contribution >= 0.6 is 0 Å². The Morgan fingerprint density at radius 1 is 1.13 bits per heavy atom. The van der Waals surface area contributed by atoms with Crippen LogP contribution in [0.25, 0.3) is 10.9 Å². The maximum absolute atomic E-state index is 13.0. The van der Waals surface area contributed by atoms with Crippen molar-refractivity contribution in [3.8, 4) is 6.07 Å². The molecular weight excluding hydrogens is 392 g/mol. The van der Waals surface area contributed by atoms with Gasteiger partial charge in [-0.05, 0) is 49.4 Å². The number of pyridine rings is 1. The van der Waals surface area contributed by atoms with Crippen molar-refractivity contribution in [3.63, 3.8) is 0 Å². The second-order valence-corrected chi connectivity index (χ2v) is 7.47. The van der Waals surface area contributed by atoms with Gasteiger partial charge in [0.25, 0.3) is 11.5 Å². The summed E-state index contributed by atoms with van der Waals surface area (Å²) in [7, 11) is 1.73. The lowest BCUT2D eigenvalue weighted by Crippen LogP contribution is -2.37. The third-order valence-corrected chi connectivity index (χ3v) is 5.69. The number of fused-ring (bicyclic) bond motifs is 1. The van der Waals surface area contributed by atoms with Crippen molar-refractivity contribution in [1.29, 1.82) is 5.26 Å². The average Bonchev–Trinajstić information content (AvgIpc) is 2.83. The molecule has 7 heteroatoms. The quantitative estimate of drug-likeness (QED) is 0.653. The molecule has 1 fully saturated rings. The molecule has 4 rings (SSSR count). The van der Waals surface area contributed by atoms with Crippen molar-refractivity contribution in [2.75, 3.05) is 43.2 Å². The molecule has 1 aromatic heterocycles. The normalized spacial score (nSPS) is 13.8. The molecule has 0 saturated carbocycles. The van der Waals surface area contributed by atoms with Gasteiger partial charge in [0, 0.05) is 49.4 Å². The van der Waals surface area contributed by atoms with Gasteiger partial charge in [-0.2, -0.15) is 5.26 Å². The van der Waals surface area contributed by atoms with Gasteiger partial charge in [-0.15, -0.1) is 0 Å². The Balaban J connectivity index is 1.78. The smallest absolute Gasteiger partial charge is 0.258 e. The van der Waals surface area contributed by atoms with E-state index in [-0.39, 0.29) is 11.5 Å². The standard InChI is InChI=1S/C24H24N4O3/c1-3-28-21-9-8-19(26(2)24(30)18-6-4-17(16-25)5-7-18)14-20(21)22(15-23(28)29)27-10-12-31-13-11-27/h4-9,14-15H,3,10-13H2,1-2H3. The number of aryl methyl sites for hydroxylation is 1. The number of nitrogens with zero attached hydrogens (tertiary/aromatic N) is 4. The van der Waals surface area contributed by atoms with Crippen molar-refractivity contribution in [2.24, 2.45) is 0 Å². The second-order valence-electron chi connectivity index (χ2n) is 7.47. The highest BCUT2D eigenvalue weighted by Gasteiger charge is 2.19. The van der Waals surface area contributed by atoms with E-state index in [2.05, 4.69) is 11.0 Å². The fourth-order valence-electron chi connectivity index (χ4n) is 3.95. The summed E-state index contributed by atoms with van der Waals surface area (Å²) >= 11 is 0. The first-order valence-corrected chi connectivity index (χ1v) is 10.3. The lowest BCUT2D eigenvalue weighted by atomic mass is 10.1. The lowest BCUT2D eigenvalue weighted by molar-refractivity contribution is 0.0993. The van der Waals surface area contributed by atoms with Crippen LogP contribution in [0.2, 0.25) is 0 Å². The Hall–Kier alpha value is -3.63. The van der Waals surface area contributed by atoms with E-state index in [1.54, 1.807) is 46.8 Å². The number of amides is 1. The van der Waals surface area contributed by atoms with Gasteiger partial charge in [0.15, 0.2) is 0 Å². The molecule has 0 radical (unpaired) electrons. The lowest BCUT2D eigenvalue weighted by Gasteiger charge is -2.30. The molecule has 158 valence electrons. The van der Waals surface area contributed by atoms with Crippen LogP contribution in [0.1, 0.15) is 22.8 Å². The third kappa shape index (κ3) is 3.90. The van der Waals surface area contributed by atoms with Gasteiger partial charge in [-0.1, -0.05) is 0 Å². The number of morpholine rings is 1. The molecule has 7 nitrogen and oxygen atoms in total. The summed E-state index contributed by atoms with van der Waals surface area (Å²) in [5.41, 5.74) is 3.43. The van der Waals surface area contributed by atoms with Gasteiger partial charge < -0.3 is 19.1 Å². The number of anilines is 2. The molecular formula is C24H24N4O3. The molecule has 1 saturated heterocycles. The zero-order valence-electron chi connectivity index (χ0n) is 17.7. The monoisotopic (exact) mass is 416 g/mol. The minimum absolute atomic E-state index is 0.0359. The van der Waals surface area contributed by atoms with Gasteiger partial charge >= 0.3 is 0 Å². The molecule has 0 bridgehead atoms. The summed E-state index contributed by atoms with van der Waals surface area (Å²) in [6, 6.07) is 16.1. The Labute approximate surface area is 180 Å². The van der Waals surface area contributed by atoms with Crippen LogP contribution in [0.15, 0.2) is 53.3 Å². The number of aromatic nitrogens is 1. The zero-order valence-corrected chi connectivity index (χ0v) is 17.7. The topological polar surface area (TPSA) is 78.6 Å². The van der Waals surface area contributed by atoms with E-state index < -0.39 is 0 Å². The number of nitriles is 1. The molecule has 0 spiro atoms. The molecule has 3 aromatic rings. The minimum atomic E-state index is -0.166. The Bertz CT molecular complexity index is 1220. The molecule has 1 aliphatic rings. The summed E-state index contributed by atoms with van der Waals surface area (Å²) in [6.45, 7) is 5.19. The predicted octanol–water partition coefficient (Wildman–Crippen LogP) is 3.01. The fourth-order valence-corrected chi connectivity index (χ4v) is 3.95. The Morgan fingerprint density at radius 2 is 1.84 bits per heavy atom. The van der Waals surface area contributed by atoms with E-state index in [0.29, 0.717) is 30.9 Å². The molecule has 31 heavy (non-hydrogen) atoms. The summed E-state index contributed by atoms with van der Waals surface area (Å²) in [5.74, 6) is -0.166. The highest BCUT2D eigenvalue weighted by atomic mass is 16.5. The largest absolute Gasteiger partial charge is 0.378 e. The molecule has 0 aliphatic carbocycles. The predicted molar refractivity (Wildman–Crippen MR) is 121 cm³/mol. The van der Waals surface area contributed by atoms with Crippen molar-refractivity contribution >= 4 is 28.2 Å². The number of rotatable bonds is 4. The Kier molecular flexibility index (Phi) is 5.74. The first kappa shape index (κ1) is 20.6. The first-order chi connectivity index (χ1) is 15.0. The molecule has 2 heterocycles. The third-order valence-electron chi connectivity index (χ3n) is 5.69. The zero-order chi connectivity index (χ0) is 22.0. The van der Waals surface area contributed by atoms with Gasteiger partial charge in [0.1, 0.15) is 0 Å². The van der Waals surface area contributed by atoms with Crippen LogP contribution in [0.5, 0.6) is 0 Å². The summed E-state index contributed by atoms with van der Waals surface area (Å²) in [6.07, 6.45) is 0. The van der Waals surface area contributed by atoms with Crippen LogP contribution in [0, 0.1) is 11.3 Å². The van der Waals surface area contributed by atoms with Crippen LogP contribution in [0.3, 0.4) is 0 Å². The van der Waals surface area contributed by atoms with Crippen LogP contribution in [0.4, 0.5) is 11.4 Å². The van der Waals surface area contributed by atoms with Gasteiger partial charge in [-0.3, -0.25) is 9.59 Å². The summed E-state index contributed by atoms with van der Waals surface area (Å²) < 4.78 is 7.21. The maximum atomic E-state index is 13.0. The van der Waals surface area contributed by atoms with Crippen molar-refractivity contribution < 1.29 is 9.53 Å². The van der Waals surface area contributed by atoms with E-state index in [9.17, 15) is 9.59 Å². The number of carbonyl (C=O) groups is 1. The second kappa shape index (κ2) is 8.62. The fraction of sp³-hybridized carbons (Fsp3) is 0.292. The number of benzene rings is 2. The average molecular weight is 416 g/mol. The molecule has 1 aliphatic heterocycles. The van der Waals surface area contributed by atoms with Gasteiger partial charge in [-0.25, -0.2) is 0 Å². The molecule has 2 aromatic carbocycles. The number of hydrogen-bond donors (Lipinski definition) is 0. The highest BCUT2D eigenvalue weighted by Crippen LogP contribution is 2.30. The van der Waals surface area contributed by atoms with Crippen molar-refractivity contribution in [1.82, 2.24) is 4.57 Å². The van der Waals surface area contributed by atoms with E-state index in [1.165, 1.54) is 0 Å². The van der Waals surface area contributed by atoms with Gasteiger partial charge in [0.05, 0.1) is 36.1 Å². The number of ether oxygens (including phenoxy) is 1. The van der Waals surface area contributed by atoms with E-state index >= 15 is 0 Å². The summed E-state index contributed by atoms with van der Waals surface area (Å²) in [4.78, 5) is 29.5. The Morgan fingerprint density at radius 3 is 2.48 bits per heavy atom. The molecule has 0 N–H and O–H groups in total. The molecule has 1 amide bonds. The molecule has 0 unspecified atom stereocenters. The molecule has 0 atom stereocenters. The van der Waals surface area contributed by atoms with Gasteiger partial charge in [0.2, 0.25) is 0 Å². The number of carbonyl (C=O) groups excluding carboxylic acids is 1. The van der Waals surface area contributed by atoms with Crippen LogP contribution in [-0.2, 0) is 11.3 Å². The van der Waals surface area contributed by atoms with E-state index in [1.807, 2.05) is 25.1 Å².